The van der Waals surface area contributed by atoms with Gasteiger partial charge in [0, 0.05) is 16.7 Å². The lowest BCUT2D eigenvalue weighted by Crippen LogP contribution is -2.28. The summed E-state index contributed by atoms with van der Waals surface area (Å²) in [7, 11) is 0. The van der Waals surface area contributed by atoms with Crippen molar-refractivity contribution in [1.29, 1.82) is 0 Å². The summed E-state index contributed by atoms with van der Waals surface area (Å²) in [6.07, 6.45) is 0.741. The number of benzene rings is 2. The van der Waals surface area contributed by atoms with Crippen LogP contribution in [0.25, 0.3) is 11.3 Å². The molecule has 0 aliphatic heterocycles. The van der Waals surface area contributed by atoms with Crippen LogP contribution in [0.2, 0.25) is 5.02 Å². The summed E-state index contributed by atoms with van der Waals surface area (Å²) in [6.45, 7) is 2.34. The van der Waals surface area contributed by atoms with Crippen molar-refractivity contribution in [2.45, 2.75) is 25.8 Å². The zero-order chi connectivity index (χ0) is 17.6. The third-order valence-electron chi connectivity index (χ3n) is 4.06. The van der Waals surface area contributed by atoms with Crippen molar-refractivity contribution in [3.05, 3.63) is 76.9 Å². The molecule has 0 fully saturated rings. The van der Waals surface area contributed by atoms with E-state index in [1.54, 1.807) is 12.1 Å². The Kier molecular flexibility index (Phi) is 5.51. The smallest absolute Gasteiger partial charge is 0.227 e. The van der Waals surface area contributed by atoms with Crippen molar-refractivity contribution in [1.82, 2.24) is 10.5 Å². The van der Waals surface area contributed by atoms with Crippen molar-refractivity contribution in [3.63, 3.8) is 0 Å². The third kappa shape index (κ3) is 4.28. The number of hydrogen-bond donors (Lipinski definition) is 1. The second kappa shape index (κ2) is 7.99. The first-order valence-electron chi connectivity index (χ1n) is 8.21. The number of rotatable bonds is 6. The number of aromatic nitrogens is 1. The number of amides is 1. The molecule has 1 heterocycles. The average Bonchev–Trinajstić information content (AvgIpc) is 3.11. The SMILES string of the molecule is CCC(C(=O)NCc1cc(-c2ccc(Cl)cc2)on1)c1ccccc1. The Labute approximate surface area is 151 Å². The van der Waals surface area contributed by atoms with Crippen LogP contribution in [0.5, 0.6) is 0 Å². The first-order valence-corrected chi connectivity index (χ1v) is 8.59. The van der Waals surface area contributed by atoms with Crippen LogP contribution in [-0.4, -0.2) is 11.1 Å². The molecule has 3 aromatic rings. The molecule has 0 bridgehead atoms. The maximum Gasteiger partial charge on any atom is 0.227 e. The topological polar surface area (TPSA) is 55.1 Å². The molecule has 1 N–H and O–H groups in total. The fourth-order valence-electron chi connectivity index (χ4n) is 2.70. The van der Waals surface area contributed by atoms with E-state index in [4.69, 9.17) is 16.1 Å². The van der Waals surface area contributed by atoms with E-state index in [0.717, 1.165) is 17.5 Å². The Hall–Kier alpha value is -2.59. The van der Waals surface area contributed by atoms with E-state index in [9.17, 15) is 4.79 Å². The molecule has 0 spiro atoms. The molecular formula is C20H19ClN2O2. The third-order valence-corrected chi connectivity index (χ3v) is 4.31. The molecule has 3 rings (SSSR count). The summed E-state index contributed by atoms with van der Waals surface area (Å²) in [4.78, 5) is 12.5. The summed E-state index contributed by atoms with van der Waals surface area (Å²) < 4.78 is 5.35. The van der Waals surface area contributed by atoms with Gasteiger partial charge in [0.15, 0.2) is 5.76 Å². The highest BCUT2D eigenvalue weighted by Gasteiger charge is 2.18. The van der Waals surface area contributed by atoms with Gasteiger partial charge in [-0.3, -0.25) is 4.79 Å². The van der Waals surface area contributed by atoms with Gasteiger partial charge >= 0.3 is 0 Å². The minimum Gasteiger partial charge on any atom is -0.356 e. The fourth-order valence-corrected chi connectivity index (χ4v) is 2.83. The van der Waals surface area contributed by atoms with E-state index in [1.807, 2.05) is 55.5 Å². The second-order valence-electron chi connectivity index (χ2n) is 5.78. The lowest BCUT2D eigenvalue weighted by molar-refractivity contribution is -0.122. The molecule has 1 aromatic heterocycles. The Morgan fingerprint density at radius 1 is 1.16 bits per heavy atom. The van der Waals surface area contributed by atoms with E-state index in [0.29, 0.717) is 23.0 Å². The van der Waals surface area contributed by atoms with Crippen LogP contribution in [0, 0.1) is 0 Å². The number of halogens is 1. The molecule has 0 radical (unpaired) electrons. The van der Waals surface area contributed by atoms with Crippen LogP contribution in [0.4, 0.5) is 0 Å². The van der Waals surface area contributed by atoms with Crippen LogP contribution in [0.3, 0.4) is 0 Å². The maximum absolute atomic E-state index is 12.5. The molecule has 4 nitrogen and oxygen atoms in total. The van der Waals surface area contributed by atoms with E-state index in [2.05, 4.69) is 10.5 Å². The molecule has 0 saturated carbocycles. The Bertz CT molecular complexity index is 828. The molecule has 1 unspecified atom stereocenters. The molecule has 0 saturated heterocycles. The van der Waals surface area contributed by atoms with Gasteiger partial charge in [-0.25, -0.2) is 0 Å². The number of carbonyl (C=O) groups excluding carboxylic acids is 1. The molecule has 25 heavy (non-hydrogen) atoms. The number of nitrogens with zero attached hydrogens (tertiary/aromatic N) is 1. The zero-order valence-corrected chi connectivity index (χ0v) is 14.7. The Morgan fingerprint density at radius 2 is 1.88 bits per heavy atom. The van der Waals surface area contributed by atoms with Crippen molar-refractivity contribution in [3.8, 4) is 11.3 Å². The summed E-state index contributed by atoms with van der Waals surface area (Å²) in [5.74, 6) is 0.476. The minimum absolute atomic E-state index is 0.00950. The van der Waals surface area contributed by atoms with Gasteiger partial charge in [-0.05, 0) is 36.2 Å². The average molecular weight is 355 g/mol. The van der Waals surface area contributed by atoms with Gasteiger partial charge in [-0.15, -0.1) is 0 Å². The summed E-state index contributed by atoms with van der Waals surface area (Å²) in [5.41, 5.74) is 2.59. The first-order chi connectivity index (χ1) is 12.2. The van der Waals surface area contributed by atoms with Crippen LogP contribution in [0.15, 0.2) is 65.2 Å². The predicted molar refractivity (Wildman–Crippen MR) is 98.3 cm³/mol. The zero-order valence-electron chi connectivity index (χ0n) is 13.9. The standard InChI is InChI=1S/C20H19ClN2O2/c1-2-18(14-6-4-3-5-7-14)20(24)22-13-17-12-19(25-23-17)15-8-10-16(21)11-9-15/h3-12,18H,2,13H2,1H3,(H,22,24). The quantitative estimate of drug-likeness (QED) is 0.691. The summed E-state index contributed by atoms with van der Waals surface area (Å²) in [6, 6.07) is 18.9. The lowest BCUT2D eigenvalue weighted by atomic mass is 9.96. The maximum atomic E-state index is 12.5. The van der Waals surface area contributed by atoms with Crippen molar-refractivity contribution < 1.29 is 9.32 Å². The molecule has 0 aliphatic carbocycles. The number of nitrogens with one attached hydrogen (secondary N) is 1. The summed E-state index contributed by atoms with van der Waals surface area (Å²) in [5, 5.41) is 7.63. The minimum atomic E-state index is -0.163. The second-order valence-corrected chi connectivity index (χ2v) is 6.22. The van der Waals surface area contributed by atoms with E-state index >= 15 is 0 Å². The molecule has 128 valence electrons. The van der Waals surface area contributed by atoms with Crippen LogP contribution >= 0.6 is 11.6 Å². The van der Waals surface area contributed by atoms with Crippen LogP contribution in [-0.2, 0) is 11.3 Å². The van der Waals surface area contributed by atoms with E-state index < -0.39 is 0 Å². The summed E-state index contributed by atoms with van der Waals surface area (Å²) >= 11 is 5.89. The van der Waals surface area contributed by atoms with Gasteiger partial charge in [-0.2, -0.15) is 0 Å². The van der Waals surface area contributed by atoms with Gasteiger partial charge in [0.1, 0.15) is 5.69 Å². The van der Waals surface area contributed by atoms with Crippen LogP contribution in [0.1, 0.15) is 30.5 Å². The molecule has 1 amide bonds. The van der Waals surface area contributed by atoms with Crippen molar-refractivity contribution in [2.75, 3.05) is 0 Å². The van der Waals surface area contributed by atoms with E-state index in [-0.39, 0.29) is 11.8 Å². The van der Waals surface area contributed by atoms with E-state index in [1.165, 1.54) is 0 Å². The highest BCUT2D eigenvalue weighted by atomic mass is 35.5. The number of hydrogen-bond acceptors (Lipinski definition) is 3. The molecule has 1 atom stereocenters. The number of carbonyl (C=O) groups is 1. The molecule has 2 aromatic carbocycles. The van der Waals surface area contributed by atoms with Gasteiger partial charge in [0.05, 0.1) is 12.5 Å². The largest absolute Gasteiger partial charge is 0.356 e. The van der Waals surface area contributed by atoms with Gasteiger partial charge < -0.3 is 9.84 Å². The predicted octanol–water partition coefficient (Wildman–Crippen LogP) is 4.81. The lowest BCUT2D eigenvalue weighted by Gasteiger charge is -2.14. The van der Waals surface area contributed by atoms with Crippen molar-refractivity contribution >= 4 is 17.5 Å². The monoisotopic (exact) mass is 354 g/mol. The van der Waals surface area contributed by atoms with Crippen LogP contribution < -0.4 is 5.32 Å². The molecular weight excluding hydrogens is 336 g/mol. The normalized spacial score (nSPS) is 11.9. The fraction of sp³-hybridized carbons (Fsp3) is 0.200. The molecule has 5 heteroatoms. The highest BCUT2D eigenvalue weighted by Crippen LogP contribution is 2.23. The molecule has 0 aliphatic rings. The Morgan fingerprint density at radius 3 is 2.56 bits per heavy atom. The highest BCUT2D eigenvalue weighted by molar-refractivity contribution is 6.30. The van der Waals surface area contributed by atoms with Gasteiger partial charge in [0.25, 0.3) is 0 Å². The van der Waals surface area contributed by atoms with Gasteiger partial charge in [0.2, 0.25) is 5.91 Å². The van der Waals surface area contributed by atoms with Crippen molar-refractivity contribution in [2.24, 2.45) is 0 Å². The first kappa shape index (κ1) is 17.2. The van der Waals surface area contributed by atoms with Gasteiger partial charge in [-0.1, -0.05) is 54.0 Å². The Balaban J connectivity index is 1.63.